The number of benzene rings is 2. The average Bonchev–Trinajstić information content (AvgIpc) is 4.07. The maximum Gasteiger partial charge on any atom is 0.326 e. The molecule has 3 heterocycles. The van der Waals surface area contributed by atoms with Crippen molar-refractivity contribution in [2.45, 2.75) is 119 Å². The van der Waals surface area contributed by atoms with Crippen LogP contribution in [0, 0.1) is 0 Å². The van der Waals surface area contributed by atoms with Gasteiger partial charge in [-0.15, -0.1) is 0 Å². The van der Waals surface area contributed by atoms with Gasteiger partial charge >= 0.3 is 5.97 Å². The van der Waals surface area contributed by atoms with E-state index < -0.39 is 77.8 Å². The molecule has 6 amide bonds. The number of unbranched alkanes of at least 4 members (excludes halogenated alkanes) is 1. The third kappa shape index (κ3) is 12.7. The largest absolute Gasteiger partial charge is 0.508 e. The number of amides is 6. The molecule has 0 radical (unpaired) electrons. The molecule has 5 rings (SSSR count). The number of phenols is 1. The molecule has 7 atom stereocenters. The fourth-order valence-electron chi connectivity index (χ4n) is 8.56. The second-order valence-corrected chi connectivity index (χ2v) is 17.3. The zero-order valence-corrected chi connectivity index (χ0v) is 36.2. The van der Waals surface area contributed by atoms with E-state index in [1.54, 1.807) is 23.9 Å². The Bertz CT molecular complexity index is 1870. The van der Waals surface area contributed by atoms with Crippen LogP contribution in [-0.2, 0) is 46.4 Å². The van der Waals surface area contributed by atoms with Crippen LogP contribution < -0.4 is 27.4 Å². The molecular formula is C44H62N8O9S. The molecule has 2 aromatic rings. The van der Waals surface area contributed by atoms with E-state index in [2.05, 4.69) is 16.0 Å². The fourth-order valence-corrected chi connectivity index (χ4v) is 9.05. The second kappa shape index (κ2) is 23.3. The molecule has 0 saturated carbocycles. The Morgan fingerprint density at radius 2 is 1.18 bits per heavy atom. The van der Waals surface area contributed by atoms with Crippen molar-refractivity contribution in [3.8, 4) is 5.75 Å². The van der Waals surface area contributed by atoms with Crippen molar-refractivity contribution in [2.75, 3.05) is 38.2 Å². The number of nitrogens with one attached hydrogen (secondary N) is 3. The Morgan fingerprint density at radius 1 is 0.677 bits per heavy atom. The minimum Gasteiger partial charge on any atom is -0.508 e. The molecule has 3 saturated heterocycles. The van der Waals surface area contributed by atoms with Gasteiger partial charge in [0.25, 0.3) is 0 Å². The van der Waals surface area contributed by atoms with Crippen LogP contribution in [0.1, 0.15) is 75.3 Å². The number of aromatic hydroxyl groups is 1. The molecule has 0 unspecified atom stereocenters. The van der Waals surface area contributed by atoms with Gasteiger partial charge in [-0.1, -0.05) is 42.5 Å². The number of carbonyl (C=O) groups is 7. The highest BCUT2D eigenvalue weighted by Gasteiger charge is 2.43. The Morgan fingerprint density at radius 3 is 1.73 bits per heavy atom. The molecule has 3 aliphatic heterocycles. The molecule has 17 nitrogen and oxygen atoms in total. The summed E-state index contributed by atoms with van der Waals surface area (Å²) in [4.78, 5) is 100. The van der Waals surface area contributed by atoms with Crippen molar-refractivity contribution in [2.24, 2.45) is 11.5 Å². The number of nitrogens with two attached hydrogens (primary N) is 2. The number of likely N-dealkylation sites (tertiary alicyclic amines) is 3. The average molecular weight is 879 g/mol. The monoisotopic (exact) mass is 878 g/mol. The lowest BCUT2D eigenvalue weighted by Crippen LogP contribution is -2.59. The zero-order valence-electron chi connectivity index (χ0n) is 35.4. The van der Waals surface area contributed by atoms with Gasteiger partial charge in [-0.05, 0) is 106 Å². The molecule has 2 aromatic carbocycles. The topological polar surface area (TPSA) is 258 Å². The summed E-state index contributed by atoms with van der Waals surface area (Å²) in [7, 11) is 0. The molecule has 338 valence electrons. The van der Waals surface area contributed by atoms with Gasteiger partial charge in [0, 0.05) is 32.5 Å². The Labute approximate surface area is 367 Å². The third-order valence-corrected chi connectivity index (χ3v) is 12.6. The maximum absolute atomic E-state index is 14.5. The normalized spacial score (nSPS) is 20.6. The number of rotatable bonds is 21. The van der Waals surface area contributed by atoms with Crippen LogP contribution in [0.15, 0.2) is 54.6 Å². The first-order valence-electron chi connectivity index (χ1n) is 21.6. The Balaban J connectivity index is 1.33. The first kappa shape index (κ1) is 47.8. The van der Waals surface area contributed by atoms with Gasteiger partial charge in [0.1, 0.15) is 42.0 Å². The van der Waals surface area contributed by atoms with Crippen molar-refractivity contribution in [3.63, 3.8) is 0 Å². The van der Waals surface area contributed by atoms with Crippen molar-refractivity contribution >= 4 is 53.2 Å². The smallest absolute Gasteiger partial charge is 0.326 e. The molecule has 0 aliphatic carbocycles. The number of hydrogen-bond acceptors (Lipinski definition) is 11. The Kier molecular flexibility index (Phi) is 18.0. The summed E-state index contributed by atoms with van der Waals surface area (Å²) >= 11 is 1.58. The van der Waals surface area contributed by atoms with Crippen LogP contribution in [0.3, 0.4) is 0 Å². The number of carbonyl (C=O) groups excluding carboxylic acids is 6. The summed E-state index contributed by atoms with van der Waals surface area (Å²) in [6.07, 6.45) is 6.27. The van der Waals surface area contributed by atoms with Gasteiger partial charge in [0.05, 0.1) is 6.04 Å². The van der Waals surface area contributed by atoms with Gasteiger partial charge in [0.15, 0.2) is 0 Å². The zero-order chi connectivity index (χ0) is 44.8. The molecule has 18 heteroatoms. The number of nitrogens with zero attached hydrogens (tertiary/aromatic N) is 3. The van der Waals surface area contributed by atoms with E-state index in [0.29, 0.717) is 75.8 Å². The lowest BCUT2D eigenvalue weighted by Gasteiger charge is -2.32. The quantitative estimate of drug-likeness (QED) is 0.0864. The van der Waals surface area contributed by atoms with Gasteiger partial charge in [-0.25, -0.2) is 4.79 Å². The highest BCUT2D eigenvalue weighted by atomic mass is 32.2. The van der Waals surface area contributed by atoms with E-state index >= 15 is 0 Å². The van der Waals surface area contributed by atoms with Gasteiger partial charge < -0.3 is 52.3 Å². The summed E-state index contributed by atoms with van der Waals surface area (Å²) in [5.41, 5.74) is 13.4. The number of phenolic OH excluding ortho intramolecular Hbond substituents is 1. The van der Waals surface area contributed by atoms with E-state index in [-0.39, 0.29) is 50.4 Å². The third-order valence-electron chi connectivity index (χ3n) is 11.9. The number of aliphatic carboxylic acids is 1. The van der Waals surface area contributed by atoms with Crippen LogP contribution in [0.2, 0.25) is 0 Å². The molecule has 9 N–H and O–H groups in total. The second-order valence-electron chi connectivity index (χ2n) is 16.3. The highest BCUT2D eigenvalue weighted by molar-refractivity contribution is 7.98. The first-order valence-corrected chi connectivity index (χ1v) is 23.0. The van der Waals surface area contributed by atoms with E-state index in [1.165, 1.54) is 26.8 Å². The van der Waals surface area contributed by atoms with Crippen LogP contribution >= 0.6 is 11.8 Å². The SMILES string of the molecule is CSCC[C@H](N)C(=O)N1CCC[C@H]1C(=O)N[C@@H](Cc1ccccc1)C(=O)N1CCC[C@H]1C(=O)N[C@@H](CCCCN)C(=O)N[C@@H](Cc1ccc(O)cc1)C(=O)N1CCC[C@H]1C(=O)O. The molecule has 3 fully saturated rings. The summed E-state index contributed by atoms with van der Waals surface area (Å²) in [5, 5.41) is 28.2. The molecule has 62 heavy (non-hydrogen) atoms. The fraction of sp³-hybridized carbons (Fsp3) is 0.568. The van der Waals surface area contributed by atoms with Crippen molar-refractivity contribution in [1.82, 2.24) is 30.7 Å². The van der Waals surface area contributed by atoms with E-state index in [9.17, 15) is 43.8 Å². The minimum atomic E-state index is -1.19. The summed E-state index contributed by atoms with van der Waals surface area (Å²) in [6.45, 7) is 1.15. The van der Waals surface area contributed by atoms with Gasteiger partial charge in [-0.2, -0.15) is 11.8 Å². The molecule has 0 spiro atoms. The molecule has 0 aromatic heterocycles. The van der Waals surface area contributed by atoms with E-state index in [4.69, 9.17) is 11.5 Å². The van der Waals surface area contributed by atoms with E-state index in [0.717, 1.165) is 5.56 Å². The summed E-state index contributed by atoms with van der Waals surface area (Å²) in [5.74, 6) is -3.50. The standard InChI is InChI=1S/C44H62N8O9S/c1-62-25-20-31(46)41(57)50-22-7-13-35(50)40(56)49-34(26-28-10-3-2-4-11-28)42(58)51-23-8-14-36(51)39(55)47-32(12-5-6-21-45)38(54)48-33(27-29-16-18-30(53)19-17-29)43(59)52-24-9-15-37(52)44(60)61/h2-4,10-11,16-19,31-37,53H,5-9,12-15,20-27,45-46H2,1H3,(H,47,55)(H,48,54)(H,49,56)(H,60,61)/t31-,32-,33-,34-,35-,36-,37-/m0/s1. The predicted octanol–water partition coefficient (Wildman–Crippen LogP) is 0.899. The van der Waals surface area contributed by atoms with Crippen molar-refractivity contribution in [3.05, 3.63) is 65.7 Å². The number of carboxylic acid groups (broad SMARTS) is 1. The van der Waals surface area contributed by atoms with Crippen LogP contribution in [0.4, 0.5) is 0 Å². The number of hydrogen-bond donors (Lipinski definition) is 7. The van der Waals surface area contributed by atoms with Crippen molar-refractivity contribution < 1.29 is 43.8 Å². The van der Waals surface area contributed by atoms with Crippen LogP contribution in [0.5, 0.6) is 5.75 Å². The van der Waals surface area contributed by atoms with Crippen LogP contribution in [-0.4, -0.2) is 147 Å². The van der Waals surface area contributed by atoms with Gasteiger partial charge in [-0.3, -0.25) is 28.8 Å². The predicted molar refractivity (Wildman–Crippen MR) is 233 cm³/mol. The maximum atomic E-state index is 14.5. The van der Waals surface area contributed by atoms with Crippen molar-refractivity contribution in [1.29, 1.82) is 0 Å². The first-order chi connectivity index (χ1) is 29.8. The number of thioether (sulfide) groups is 1. The van der Waals surface area contributed by atoms with E-state index in [1.807, 2.05) is 36.6 Å². The molecule has 0 bridgehead atoms. The molecule has 3 aliphatic rings. The molecular weight excluding hydrogens is 817 g/mol. The lowest BCUT2D eigenvalue weighted by atomic mass is 10.0. The summed E-state index contributed by atoms with van der Waals surface area (Å²) < 4.78 is 0. The lowest BCUT2D eigenvalue weighted by molar-refractivity contribution is -0.149. The Hall–Kier alpha value is -5.20. The van der Waals surface area contributed by atoms with Gasteiger partial charge in [0.2, 0.25) is 35.4 Å². The highest BCUT2D eigenvalue weighted by Crippen LogP contribution is 2.24. The minimum absolute atomic E-state index is 0.00577. The summed E-state index contributed by atoms with van der Waals surface area (Å²) in [6, 6.07) is 8.31. The van der Waals surface area contributed by atoms with Crippen LogP contribution in [0.25, 0.3) is 0 Å². The number of carboxylic acids is 1.